The highest BCUT2D eigenvalue weighted by Gasteiger charge is 2.30. The van der Waals surface area contributed by atoms with E-state index in [4.69, 9.17) is 0 Å². The van der Waals surface area contributed by atoms with Crippen LogP contribution in [0, 0.1) is 5.92 Å². The minimum absolute atomic E-state index is 0.0941. The maximum absolute atomic E-state index is 13.1. The molecule has 0 bridgehead atoms. The number of nitrogens with zero attached hydrogens (tertiary/aromatic N) is 1. The fourth-order valence-corrected chi connectivity index (χ4v) is 3.95. The quantitative estimate of drug-likeness (QED) is 0.365. The molecular formula is C24H25N5O4. The van der Waals surface area contributed by atoms with Crippen molar-refractivity contribution in [3.63, 3.8) is 0 Å². The Morgan fingerprint density at radius 3 is 2.55 bits per heavy atom. The van der Waals surface area contributed by atoms with Crippen LogP contribution < -0.4 is 16.0 Å². The summed E-state index contributed by atoms with van der Waals surface area (Å²) in [6.07, 6.45) is 1.70. The smallest absolute Gasteiger partial charge is 0.287 e. The molecule has 170 valence electrons. The van der Waals surface area contributed by atoms with Crippen LogP contribution in [-0.2, 0) is 20.8 Å². The summed E-state index contributed by atoms with van der Waals surface area (Å²) in [5.74, 6) is -1.37. The summed E-state index contributed by atoms with van der Waals surface area (Å²) in [5, 5.41) is 8.15. The van der Waals surface area contributed by atoms with E-state index in [1.807, 2.05) is 42.5 Å². The number of para-hydroxylation sites is 2. The molecule has 9 heteroatoms. The van der Waals surface area contributed by atoms with Gasteiger partial charge in [0.2, 0.25) is 11.8 Å². The number of carbonyl (C=O) groups is 4. The van der Waals surface area contributed by atoms with E-state index in [0.717, 1.165) is 5.56 Å². The summed E-state index contributed by atoms with van der Waals surface area (Å²) >= 11 is 0. The third-order valence-corrected chi connectivity index (χ3v) is 5.70. The van der Waals surface area contributed by atoms with Crippen LogP contribution in [0.5, 0.6) is 0 Å². The fourth-order valence-electron chi connectivity index (χ4n) is 3.95. The first kappa shape index (κ1) is 22.2. The van der Waals surface area contributed by atoms with Crippen LogP contribution in [0.2, 0.25) is 0 Å². The molecule has 1 fully saturated rings. The van der Waals surface area contributed by atoms with Crippen molar-refractivity contribution in [2.75, 3.05) is 6.54 Å². The van der Waals surface area contributed by atoms with E-state index in [9.17, 15) is 19.2 Å². The van der Waals surface area contributed by atoms with Gasteiger partial charge in [-0.05, 0) is 30.5 Å². The maximum Gasteiger partial charge on any atom is 0.287 e. The van der Waals surface area contributed by atoms with Crippen molar-refractivity contribution in [2.45, 2.75) is 31.3 Å². The van der Waals surface area contributed by atoms with E-state index in [0.29, 0.717) is 30.3 Å². The highest BCUT2D eigenvalue weighted by atomic mass is 16.2. The van der Waals surface area contributed by atoms with Crippen molar-refractivity contribution in [1.82, 2.24) is 25.9 Å². The summed E-state index contributed by atoms with van der Waals surface area (Å²) in [6.45, 7) is 0.563. The zero-order chi connectivity index (χ0) is 23.2. The molecule has 1 saturated heterocycles. The number of hydrogen-bond donors (Lipinski definition) is 4. The molecule has 1 aromatic heterocycles. The molecule has 4 N–H and O–H groups in total. The first-order valence-electron chi connectivity index (χ1n) is 10.9. The lowest BCUT2D eigenvalue weighted by Crippen LogP contribution is -2.51. The fraction of sp³-hybridized carbons (Fsp3) is 0.292. The summed E-state index contributed by atoms with van der Waals surface area (Å²) in [7, 11) is 0. The van der Waals surface area contributed by atoms with Gasteiger partial charge in [0.1, 0.15) is 12.3 Å². The minimum Gasteiger partial charge on any atom is -0.356 e. The van der Waals surface area contributed by atoms with Gasteiger partial charge in [-0.2, -0.15) is 0 Å². The molecule has 2 heterocycles. The molecule has 1 aliphatic heterocycles. The average Bonchev–Trinajstić information content (AvgIpc) is 3.44. The number of rotatable bonds is 9. The zero-order valence-electron chi connectivity index (χ0n) is 17.9. The summed E-state index contributed by atoms with van der Waals surface area (Å²) in [6, 6.07) is 14.7. The predicted octanol–water partition coefficient (Wildman–Crippen LogP) is 1.11. The van der Waals surface area contributed by atoms with Gasteiger partial charge in [-0.25, -0.2) is 4.98 Å². The second-order valence-corrected chi connectivity index (χ2v) is 8.08. The molecular weight excluding hydrogens is 422 g/mol. The number of benzene rings is 2. The molecule has 0 unspecified atom stereocenters. The van der Waals surface area contributed by atoms with Crippen LogP contribution in [0.1, 0.15) is 29.0 Å². The van der Waals surface area contributed by atoms with Gasteiger partial charge < -0.3 is 25.7 Å². The van der Waals surface area contributed by atoms with Crippen LogP contribution in [0.4, 0.5) is 0 Å². The lowest BCUT2D eigenvalue weighted by atomic mass is 9.98. The molecule has 0 aliphatic carbocycles. The lowest BCUT2D eigenvalue weighted by molar-refractivity contribution is -0.127. The molecule has 0 spiro atoms. The van der Waals surface area contributed by atoms with Gasteiger partial charge in [0.25, 0.3) is 5.91 Å². The first-order chi connectivity index (χ1) is 16.0. The van der Waals surface area contributed by atoms with Crippen molar-refractivity contribution in [3.05, 3.63) is 66.0 Å². The van der Waals surface area contributed by atoms with Crippen LogP contribution >= 0.6 is 0 Å². The molecule has 3 atom stereocenters. The predicted molar refractivity (Wildman–Crippen MR) is 121 cm³/mol. The standard InChI is InChI=1S/C24H25N5O4/c30-14-17(13-16-10-11-25-22(16)31)26-23(32)20(12-15-6-2-1-3-7-15)29-24(33)21-27-18-8-4-5-9-19(18)28-21/h1-9,14,16-17,20H,10-13H2,(H,25,31)(H,26,32)(H,27,28)(H,29,33)/t16-,17-,20-/m0/s1. The lowest BCUT2D eigenvalue weighted by Gasteiger charge is -2.21. The third kappa shape index (κ3) is 5.43. The van der Waals surface area contributed by atoms with Crippen molar-refractivity contribution in [3.8, 4) is 0 Å². The number of aromatic nitrogens is 2. The Bertz CT molecular complexity index is 1130. The van der Waals surface area contributed by atoms with Gasteiger partial charge in [-0.3, -0.25) is 14.4 Å². The number of imidazole rings is 1. The average molecular weight is 447 g/mol. The number of aldehydes is 1. The minimum atomic E-state index is -0.937. The van der Waals surface area contributed by atoms with Crippen molar-refractivity contribution in [1.29, 1.82) is 0 Å². The van der Waals surface area contributed by atoms with E-state index in [1.54, 1.807) is 12.1 Å². The number of hydrogen-bond acceptors (Lipinski definition) is 5. The molecule has 3 aromatic rings. The number of nitrogens with one attached hydrogen (secondary N) is 4. The van der Waals surface area contributed by atoms with Gasteiger partial charge in [0.05, 0.1) is 17.1 Å². The van der Waals surface area contributed by atoms with Gasteiger partial charge in [0.15, 0.2) is 5.82 Å². The monoisotopic (exact) mass is 447 g/mol. The van der Waals surface area contributed by atoms with E-state index in [-0.39, 0.29) is 30.5 Å². The number of aromatic amines is 1. The third-order valence-electron chi connectivity index (χ3n) is 5.70. The van der Waals surface area contributed by atoms with E-state index >= 15 is 0 Å². The highest BCUT2D eigenvalue weighted by Crippen LogP contribution is 2.16. The Labute approximate surface area is 190 Å². The topological polar surface area (TPSA) is 133 Å². The highest BCUT2D eigenvalue weighted by molar-refractivity contribution is 5.97. The normalized spacial score (nSPS) is 17.2. The van der Waals surface area contributed by atoms with Crippen molar-refractivity contribution < 1.29 is 19.2 Å². The Balaban J connectivity index is 1.49. The van der Waals surface area contributed by atoms with Crippen LogP contribution in [0.3, 0.4) is 0 Å². The number of fused-ring (bicyclic) bond motifs is 1. The summed E-state index contributed by atoms with van der Waals surface area (Å²) in [5.41, 5.74) is 2.20. The zero-order valence-corrected chi connectivity index (χ0v) is 17.9. The van der Waals surface area contributed by atoms with Crippen LogP contribution in [0.15, 0.2) is 54.6 Å². The Morgan fingerprint density at radius 1 is 1.09 bits per heavy atom. The maximum atomic E-state index is 13.1. The van der Waals surface area contributed by atoms with Gasteiger partial charge in [-0.15, -0.1) is 0 Å². The van der Waals surface area contributed by atoms with E-state index in [1.165, 1.54) is 0 Å². The molecule has 0 saturated carbocycles. The van der Waals surface area contributed by atoms with Crippen molar-refractivity contribution >= 4 is 35.0 Å². The number of amides is 3. The Hall–Kier alpha value is -4.01. The number of carbonyl (C=O) groups excluding carboxylic acids is 4. The number of H-pyrrole nitrogens is 1. The second-order valence-electron chi connectivity index (χ2n) is 8.08. The summed E-state index contributed by atoms with van der Waals surface area (Å²) in [4.78, 5) is 56.7. The molecule has 3 amide bonds. The Kier molecular flexibility index (Phi) is 6.77. The van der Waals surface area contributed by atoms with Gasteiger partial charge >= 0.3 is 0 Å². The molecule has 1 aliphatic rings. The van der Waals surface area contributed by atoms with Crippen LogP contribution in [-0.4, -0.2) is 52.6 Å². The SMILES string of the molecule is O=C[C@H](C[C@@H]1CCNC1=O)NC(=O)[C@H](Cc1ccccc1)NC(=O)c1nc2ccccc2[nH]1. The molecule has 33 heavy (non-hydrogen) atoms. The largest absolute Gasteiger partial charge is 0.356 e. The second kappa shape index (κ2) is 10.1. The van der Waals surface area contributed by atoms with Gasteiger partial charge in [-0.1, -0.05) is 42.5 Å². The molecule has 0 radical (unpaired) electrons. The van der Waals surface area contributed by atoms with E-state index < -0.39 is 23.9 Å². The van der Waals surface area contributed by atoms with Crippen LogP contribution in [0.25, 0.3) is 11.0 Å². The molecule has 4 rings (SSSR count). The molecule has 9 nitrogen and oxygen atoms in total. The summed E-state index contributed by atoms with van der Waals surface area (Å²) < 4.78 is 0. The van der Waals surface area contributed by atoms with Crippen molar-refractivity contribution in [2.24, 2.45) is 5.92 Å². The van der Waals surface area contributed by atoms with Gasteiger partial charge in [0, 0.05) is 18.9 Å². The Morgan fingerprint density at radius 2 is 1.85 bits per heavy atom. The molecule has 2 aromatic carbocycles. The first-order valence-corrected chi connectivity index (χ1v) is 10.9. The van der Waals surface area contributed by atoms with E-state index in [2.05, 4.69) is 25.9 Å².